The summed E-state index contributed by atoms with van der Waals surface area (Å²) in [6.07, 6.45) is 0.907. The zero-order valence-corrected chi connectivity index (χ0v) is 14.0. The minimum absolute atomic E-state index is 0.0160. The van der Waals surface area contributed by atoms with Crippen LogP contribution in [0.5, 0.6) is 5.88 Å². The fourth-order valence-electron chi connectivity index (χ4n) is 2.60. The van der Waals surface area contributed by atoms with Gasteiger partial charge in [0.15, 0.2) is 0 Å². The number of carbonyl (C=O) groups is 2. The Morgan fingerprint density at radius 2 is 2.28 bits per heavy atom. The maximum Gasteiger partial charge on any atom is 0.271 e. The van der Waals surface area contributed by atoms with Gasteiger partial charge in [0.05, 0.1) is 7.11 Å². The molecular weight excluding hydrogens is 332 g/mol. The van der Waals surface area contributed by atoms with Crippen LogP contribution < -0.4 is 10.1 Å². The number of aryl methyl sites for hydroxylation is 1. The van der Waals surface area contributed by atoms with Gasteiger partial charge in [0.2, 0.25) is 17.7 Å². The summed E-state index contributed by atoms with van der Waals surface area (Å²) in [5.74, 6) is -3.56. The smallest absolute Gasteiger partial charge is 0.271 e. The largest absolute Gasteiger partial charge is 0.481 e. The Kier molecular flexibility index (Phi) is 6.06. The van der Waals surface area contributed by atoms with Crippen LogP contribution in [0.4, 0.5) is 8.78 Å². The van der Waals surface area contributed by atoms with Gasteiger partial charge in [-0.05, 0) is 18.6 Å². The van der Waals surface area contributed by atoms with Crippen LogP contribution in [0.25, 0.3) is 0 Å². The molecule has 136 valence electrons. The van der Waals surface area contributed by atoms with Crippen molar-refractivity contribution in [1.82, 2.24) is 15.2 Å². The molecule has 0 aliphatic carbocycles. The molecule has 25 heavy (non-hydrogen) atoms. The van der Waals surface area contributed by atoms with E-state index in [4.69, 9.17) is 4.74 Å². The van der Waals surface area contributed by atoms with E-state index in [1.165, 1.54) is 12.0 Å². The number of piperidine rings is 1. The van der Waals surface area contributed by atoms with Crippen LogP contribution in [-0.2, 0) is 16.0 Å². The molecule has 2 amide bonds. The van der Waals surface area contributed by atoms with E-state index in [2.05, 4.69) is 16.9 Å². The first-order valence-corrected chi connectivity index (χ1v) is 7.94. The highest BCUT2D eigenvalue weighted by Crippen LogP contribution is 2.28. The summed E-state index contributed by atoms with van der Waals surface area (Å²) < 4.78 is 33.0. The number of methoxy groups -OCH3 is 1. The molecule has 0 bridgehead atoms. The molecule has 0 spiro atoms. The fraction of sp³-hybridized carbons (Fsp3) is 0.471. The van der Waals surface area contributed by atoms with E-state index in [1.807, 2.05) is 0 Å². The Hall–Kier alpha value is -2.51. The number of halogens is 2. The molecule has 0 unspecified atom stereocenters. The summed E-state index contributed by atoms with van der Waals surface area (Å²) in [7, 11) is 1.49. The zero-order valence-electron chi connectivity index (χ0n) is 14.0. The SMILES string of the molecule is C=CC(=O)N1CCC(F)(F)[C@H](NC(=O)CCc2cccc(OC)n2)C1. The van der Waals surface area contributed by atoms with Gasteiger partial charge in [-0.3, -0.25) is 9.59 Å². The molecule has 2 heterocycles. The number of carbonyl (C=O) groups excluding carboxylic acids is 2. The molecule has 1 N–H and O–H groups in total. The average Bonchev–Trinajstić information content (AvgIpc) is 2.61. The van der Waals surface area contributed by atoms with Crippen molar-refractivity contribution >= 4 is 11.8 Å². The minimum Gasteiger partial charge on any atom is -0.481 e. The average molecular weight is 353 g/mol. The summed E-state index contributed by atoms with van der Waals surface area (Å²) in [6.45, 7) is 3.06. The Morgan fingerprint density at radius 1 is 1.52 bits per heavy atom. The lowest BCUT2D eigenvalue weighted by Gasteiger charge is -2.38. The second kappa shape index (κ2) is 8.04. The van der Waals surface area contributed by atoms with Crippen LogP contribution in [-0.4, -0.2) is 53.9 Å². The van der Waals surface area contributed by atoms with E-state index < -0.39 is 30.2 Å². The van der Waals surface area contributed by atoms with Crippen molar-refractivity contribution in [2.24, 2.45) is 0 Å². The number of hydrogen-bond acceptors (Lipinski definition) is 4. The maximum absolute atomic E-state index is 14.0. The second-order valence-electron chi connectivity index (χ2n) is 5.79. The Morgan fingerprint density at radius 3 is 2.96 bits per heavy atom. The number of pyridine rings is 1. The van der Waals surface area contributed by atoms with Crippen LogP contribution in [0.1, 0.15) is 18.5 Å². The first-order valence-electron chi connectivity index (χ1n) is 7.94. The standard InChI is InChI=1S/C17H21F2N3O3/c1-3-16(24)22-10-9-17(18,19)13(11-22)21-14(23)8-7-12-5-4-6-15(20-12)25-2/h3-6,13H,1,7-11H2,2H3,(H,21,23)/t13-/m1/s1. The van der Waals surface area contributed by atoms with E-state index in [-0.39, 0.29) is 19.5 Å². The molecule has 1 fully saturated rings. The van der Waals surface area contributed by atoms with Gasteiger partial charge in [0, 0.05) is 37.7 Å². The number of nitrogens with zero attached hydrogens (tertiary/aromatic N) is 2. The second-order valence-corrected chi connectivity index (χ2v) is 5.79. The summed E-state index contributed by atoms with van der Waals surface area (Å²) in [4.78, 5) is 29.1. The monoisotopic (exact) mass is 353 g/mol. The summed E-state index contributed by atoms with van der Waals surface area (Å²) in [5.41, 5.74) is 0.633. The summed E-state index contributed by atoms with van der Waals surface area (Å²) in [6, 6.07) is 3.75. The van der Waals surface area contributed by atoms with E-state index in [0.29, 0.717) is 18.0 Å². The van der Waals surface area contributed by atoms with Gasteiger partial charge in [-0.25, -0.2) is 13.8 Å². The highest BCUT2D eigenvalue weighted by Gasteiger charge is 2.45. The first kappa shape index (κ1) is 18.8. The number of nitrogens with one attached hydrogen (secondary N) is 1. The minimum atomic E-state index is -3.05. The lowest BCUT2D eigenvalue weighted by Crippen LogP contribution is -2.59. The molecule has 2 rings (SSSR count). The molecule has 0 saturated carbocycles. The molecular formula is C17H21F2N3O3. The number of alkyl halides is 2. The van der Waals surface area contributed by atoms with E-state index in [1.54, 1.807) is 18.2 Å². The molecule has 1 aromatic heterocycles. The molecule has 1 saturated heterocycles. The van der Waals surface area contributed by atoms with Gasteiger partial charge in [-0.2, -0.15) is 0 Å². The predicted molar refractivity (Wildman–Crippen MR) is 87.4 cm³/mol. The molecule has 1 aromatic rings. The van der Waals surface area contributed by atoms with Gasteiger partial charge in [0.1, 0.15) is 6.04 Å². The Bertz CT molecular complexity index is 652. The number of aromatic nitrogens is 1. The van der Waals surface area contributed by atoms with Gasteiger partial charge in [-0.15, -0.1) is 0 Å². The van der Waals surface area contributed by atoms with E-state index >= 15 is 0 Å². The van der Waals surface area contributed by atoms with Gasteiger partial charge >= 0.3 is 0 Å². The number of ether oxygens (including phenoxy) is 1. The number of likely N-dealkylation sites (tertiary alicyclic amines) is 1. The molecule has 6 nitrogen and oxygen atoms in total. The third kappa shape index (κ3) is 4.98. The van der Waals surface area contributed by atoms with Crippen molar-refractivity contribution in [3.05, 3.63) is 36.5 Å². The van der Waals surface area contributed by atoms with Crippen molar-refractivity contribution < 1.29 is 23.1 Å². The van der Waals surface area contributed by atoms with Gasteiger partial charge in [-0.1, -0.05) is 12.6 Å². The Balaban J connectivity index is 1.92. The fourth-order valence-corrected chi connectivity index (χ4v) is 2.60. The lowest BCUT2D eigenvalue weighted by molar-refractivity contribution is -0.140. The van der Waals surface area contributed by atoms with Gasteiger partial charge < -0.3 is 15.0 Å². The molecule has 0 aromatic carbocycles. The normalized spacial score (nSPS) is 19.2. The van der Waals surface area contributed by atoms with Crippen LogP contribution in [0.2, 0.25) is 0 Å². The van der Waals surface area contributed by atoms with E-state index in [9.17, 15) is 18.4 Å². The molecule has 1 atom stereocenters. The Labute approximate surface area is 144 Å². The summed E-state index contributed by atoms with van der Waals surface area (Å²) in [5, 5.41) is 2.34. The van der Waals surface area contributed by atoms with Crippen molar-refractivity contribution in [3.8, 4) is 5.88 Å². The van der Waals surface area contributed by atoms with Crippen molar-refractivity contribution in [1.29, 1.82) is 0 Å². The quantitative estimate of drug-likeness (QED) is 0.788. The van der Waals surface area contributed by atoms with Crippen molar-refractivity contribution in [2.75, 3.05) is 20.2 Å². The maximum atomic E-state index is 14.0. The topological polar surface area (TPSA) is 71.5 Å². The van der Waals surface area contributed by atoms with Crippen LogP contribution in [0, 0.1) is 0 Å². The third-order valence-corrected chi connectivity index (χ3v) is 4.05. The number of amides is 2. The highest BCUT2D eigenvalue weighted by atomic mass is 19.3. The van der Waals surface area contributed by atoms with Crippen molar-refractivity contribution in [3.63, 3.8) is 0 Å². The first-order chi connectivity index (χ1) is 11.9. The zero-order chi connectivity index (χ0) is 18.4. The number of hydrogen-bond donors (Lipinski definition) is 1. The van der Waals surface area contributed by atoms with Crippen LogP contribution >= 0.6 is 0 Å². The molecule has 8 heteroatoms. The van der Waals surface area contributed by atoms with Crippen molar-refractivity contribution in [2.45, 2.75) is 31.2 Å². The van der Waals surface area contributed by atoms with Crippen LogP contribution in [0.15, 0.2) is 30.9 Å². The molecule has 0 radical (unpaired) electrons. The molecule has 1 aliphatic rings. The third-order valence-electron chi connectivity index (χ3n) is 4.05. The summed E-state index contributed by atoms with van der Waals surface area (Å²) >= 11 is 0. The van der Waals surface area contributed by atoms with Gasteiger partial charge in [0.25, 0.3) is 5.92 Å². The number of rotatable bonds is 6. The molecule has 1 aliphatic heterocycles. The van der Waals surface area contributed by atoms with E-state index in [0.717, 1.165) is 6.08 Å². The predicted octanol–water partition coefficient (Wildman–Crippen LogP) is 1.56. The van der Waals surface area contributed by atoms with Crippen LogP contribution in [0.3, 0.4) is 0 Å². The highest BCUT2D eigenvalue weighted by molar-refractivity contribution is 5.87. The lowest BCUT2D eigenvalue weighted by atomic mass is 10.0.